The zero-order valence-corrected chi connectivity index (χ0v) is 19.0. The van der Waals surface area contributed by atoms with Crippen LogP contribution >= 0.6 is 24.0 Å². The minimum atomic E-state index is -0.0645. The zero-order valence-electron chi connectivity index (χ0n) is 17.3. The van der Waals surface area contributed by atoms with Gasteiger partial charge in [-0.2, -0.15) is 0 Å². The standard InChI is InChI=1S/C23H25NO4S2/c1-4-13-28-20-14-17(7-10-19(20)27-3)15-21-22(25)24(23(29)30-21)12-11-16-5-8-18(26-2)9-6-16/h5-10,14-15H,4,11-13H2,1-3H3. The highest BCUT2D eigenvalue weighted by Gasteiger charge is 2.31. The molecule has 1 amide bonds. The van der Waals surface area contributed by atoms with E-state index in [0.717, 1.165) is 29.7 Å². The Balaban J connectivity index is 1.70. The molecule has 1 heterocycles. The molecular formula is C23H25NO4S2. The van der Waals surface area contributed by atoms with Crippen molar-refractivity contribution in [3.8, 4) is 17.2 Å². The number of thiocarbonyl (C=S) groups is 1. The van der Waals surface area contributed by atoms with Gasteiger partial charge in [-0.25, -0.2) is 0 Å². The second-order valence-electron chi connectivity index (χ2n) is 6.69. The molecular weight excluding hydrogens is 418 g/mol. The van der Waals surface area contributed by atoms with Crippen molar-refractivity contribution in [1.82, 2.24) is 4.90 Å². The lowest BCUT2D eigenvalue weighted by atomic mass is 10.1. The lowest BCUT2D eigenvalue weighted by molar-refractivity contribution is -0.122. The van der Waals surface area contributed by atoms with Gasteiger partial charge in [0.2, 0.25) is 0 Å². The van der Waals surface area contributed by atoms with Crippen molar-refractivity contribution in [3.63, 3.8) is 0 Å². The topological polar surface area (TPSA) is 48.0 Å². The molecule has 1 fully saturated rings. The number of amides is 1. The molecule has 30 heavy (non-hydrogen) atoms. The third kappa shape index (κ3) is 5.34. The number of carbonyl (C=O) groups is 1. The van der Waals surface area contributed by atoms with Crippen LogP contribution < -0.4 is 14.2 Å². The summed E-state index contributed by atoms with van der Waals surface area (Å²) in [5.74, 6) is 2.09. The third-order valence-corrected chi connectivity index (χ3v) is 5.98. The first kappa shape index (κ1) is 22.2. The van der Waals surface area contributed by atoms with E-state index in [2.05, 4.69) is 0 Å². The Bertz CT molecular complexity index is 941. The van der Waals surface area contributed by atoms with Gasteiger partial charge in [-0.15, -0.1) is 0 Å². The first-order chi connectivity index (χ1) is 14.5. The number of nitrogens with zero attached hydrogens (tertiary/aromatic N) is 1. The van der Waals surface area contributed by atoms with Crippen LogP contribution in [-0.4, -0.2) is 42.5 Å². The summed E-state index contributed by atoms with van der Waals surface area (Å²) in [5.41, 5.74) is 2.00. The Kier molecular flexibility index (Phi) is 7.76. The normalized spacial score (nSPS) is 15.0. The summed E-state index contributed by atoms with van der Waals surface area (Å²) in [6.45, 7) is 3.20. The van der Waals surface area contributed by atoms with Crippen molar-refractivity contribution in [2.45, 2.75) is 19.8 Å². The van der Waals surface area contributed by atoms with E-state index in [4.69, 9.17) is 26.4 Å². The Morgan fingerprint density at radius 1 is 1.07 bits per heavy atom. The lowest BCUT2D eigenvalue weighted by Crippen LogP contribution is -2.30. The number of ether oxygens (including phenoxy) is 3. The molecule has 1 aliphatic heterocycles. The maximum absolute atomic E-state index is 12.9. The SMILES string of the molecule is CCCOc1cc(C=C2SC(=S)N(CCc3ccc(OC)cc3)C2=O)ccc1OC. The van der Waals surface area contributed by atoms with Crippen molar-refractivity contribution in [1.29, 1.82) is 0 Å². The van der Waals surface area contributed by atoms with E-state index in [-0.39, 0.29) is 5.91 Å². The Hall–Kier alpha value is -2.51. The fourth-order valence-electron chi connectivity index (χ4n) is 2.99. The fourth-order valence-corrected chi connectivity index (χ4v) is 4.29. The third-order valence-electron chi connectivity index (χ3n) is 4.60. The molecule has 1 aliphatic rings. The molecule has 0 unspecified atom stereocenters. The molecule has 0 spiro atoms. The predicted molar refractivity (Wildman–Crippen MR) is 125 cm³/mol. The summed E-state index contributed by atoms with van der Waals surface area (Å²) in [4.78, 5) is 15.2. The average Bonchev–Trinajstić information content (AvgIpc) is 3.03. The smallest absolute Gasteiger partial charge is 0.266 e. The molecule has 158 valence electrons. The monoisotopic (exact) mass is 443 g/mol. The van der Waals surface area contributed by atoms with E-state index < -0.39 is 0 Å². The van der Waals surface area contributed by atoms with E-state index in [1.165, 1.54) is 11.8 Å². The van der Waals surface area contributed by atoms with E-state index in [0.29, 0.717) is 33.9 Å². The first-order valence-corrected chi connectivity index (χ1v) is 11.0. The highest BCUT2D eigenvalue weighted by atomic mass is 32.2. The van der Waals surface area contributed by atoms with E-state index in [1.807, 2.05) is 55.5 Å². The summed E-state index contributed by atoms with van der Waals surface area (Å²) in [7, 11) is 3.25. The summed E-state index contributed by atoms with van der Waals surface area (Å²) in [6.07, 6.45) is 3.48. The Morgan fingerprint density at radius 3 is 2.50 bits per heavy atom. The highest BCUT2D eigenvalue weighted by molar-refractivity contribution is 8.26. The molecule has 7 heteroatoms. The second kappa shape index (κ2) is 10.5. The maximum atomic E-state index is 12.9. The van der Waals surface area contributed by atoms with Crippen molar-refractivity contribution in [2.75, 3.05) is 27.4 Å². The van der Waals surface area contributed by atoms with Gasteiger partial charge in [-0.1, -0.05) is 49.1 Å². The number of carbonyl (C=O) groups excluding carboxylic acids is 1. The van der Waals surface area contributed by atoms with Crippen LogP contribution in [-0.2, 0) is 11.2 Å². The van der Waals surface area contributed by atoms with Gasteiger partial charge in [0.15, 0.2) is 11.5 Å². The van der Waals surface area contributed by atoms with E-state index in [9.17, 15) is 4.79 Å². The summed E-state index contributed by atoms with van der Waals surface area (Å²) >= 11 is 6.78. The predicted octanol–water partition coefficient (Wildman–Crippen LogP) is 4.94. The zero-order chi connectivity index (χ0) is 21.5. The van der Waals surface area contributed by atoms with Crippen LogP contribution in [0.5, 0.6) is 17.2 Å². The summed E-state index contributed by atoms with van der Waals surface area (Å²) in [5, 5.41) is 0. The van der Waals surface area contributed by atoms with Crippen LogP contribution in [0.1, 0.15) is 24.5 Å². The molecule has 3 rings (SSSR count). The second-order valence-corrected chi connectivity index (χ2v) is 8.37. The number of rotatable bonds is 9. The van der Waals surface area contributed by atoms with Gasteiger partial charge in [-0.3, -0.25) is 9.69 Å². The van der Waals surface area contributed by atoms with Crippen LogP contribution in [0.2, 0.25) is 0 Å². The van der Waals surface area contributed by atoms with Gasteiger partial charge >= 0.3 is 0 Å². The molecule has 0 atom stereocenters. The molecule has 0 aliphatic carbocycles. The van der Waals surface area contributed by atoms with Crippen molar-refractivity contribution in [3.05, 3.63) is 58.5 Å². The van der Waals surface area contributed by atoms with Crippen molar-refractivity contribution < 1.29 is 19.0 Å². The van der Waals surface area contributed by atoms with Crippen LogP contribution in [0.15, 0.2) is 47.4 Å². The molecule has 0 saturated carbocycles. The molecule has 0 radical (unpaired) electrons. The highest BCUT2D eigenvalue weighted by Crippen LogP contribution is 2.35. The van der Waals surface area contributed by atoms with Crippen molar-refractivity contribution >= 4 is 40.3 Å². The fraction of sp³-hybridized carbons (Fsp3) is 0.304. The van der Waals surface area contributed by atoms with Crippen molar-refractivity contribution in [2.24, 2.45) is 0 Å². The number of methoxy groups -OCH3 is 2. The van der Waals surface area contributed by atoms with E-state index >= 15 is 0 Å². The molecule has 0 N–H and O–H groups in total. The first-order valence-electron chi connectivity index (χ1n) is 9.74. The molecule has 5 nitrogen and oxygen atoms in total. The van der Waals surface area contributed by atoms with Crippen LogP contribution in [0.4, 0.5) is 0 Å². The van der Waals surface area contributed by atoms with Gasteiger partial charge in [0.1, 0.15) is 10.1 Å². The quantitative estimate of drug-likeness (QED) is 0.404. The summed E-state index contributed by atoms with van der Waals surface area (Å²) < 4.78 is 16.9. The average molecular weight is 444 g/mol. The Labute approximate surface area is 187 Å². The molecule has 0 bridgehead atoms. The molecule has 0 aromatic heterocycles. The van der Waals surface area contributed by atoms with Gasteiger partial charge in [-0.05, 0) is 54.3 Å². The number of hydrogen-bond donors (Lipinski definition) is 0. The van der Waals surface area contributed by atoms with E-state index in [1.54, 1.807) is 19.1 Å². The van der Waals surface area contributed by atoms with Crippen LogP contribution in [0.25, 0.3) is 6.08 Å². The number of thioether (sulfide) groups is 1. The van der Waals surface area contributed by atoms with Gasteiger partial charge in [0.05, 0.1) is 25.7 Å². The molecule has 2 aromatic rings. The van der Waals surface area contributed by atoms with Gasteiger partial charge in [0, 0.05) is 6.54 Å². The maximum Gasteiger partial charge on any atom is 0.266 e. The lowest BCUT2D eigenvalue weighted by Gasteiger charge is -2.14. The number of benzene rings is 2. The minimum Gasteiger partial charge on any atom is -0.497 e. The summed E-state index contributed by atoms with van der Waals surface area (Å²) in [6, 6.07) is 13.5. The van der Waals surface area contributed by atoms with Crippen LogP contribution in [0.3, 0.4) is 0 Å². The van der Waals surface area contributed by atoms with Gasteiger partial charge < -0.3 is 14.2 Å². The Morgan fingerprint density at radius 2 is 1.83 bits per heavy atom. The molecule has 1 saturated heterocycles. The molecule has 2 aromatic carbocycles. The number of hydrogen-bond acceptors (Lipinski definition) is 6. The largest absolute Gasteiger partial charge is 0.497 e. The minimum absolute atomic E-state index is 0.0645. The van der Waals surface area contributed by atoms with Gasteiger partial charge in [0.25, 0.3) is 5.91 Å². The van der Waals surface area contributed by atoms with Crippen LogP contribution in [0, 0.1) is 0 Å².